The van der Waals surface area contributed by atoms with Gasteiger partial charge in [-0.1, -0.05) is 6.07 Å². The molecule has 7 heteroatoms. The topological polar surface area (TPSA) is 54.5 Å². The van der Waals surface area contributed by atoms with Crippen LogP contribution in [0.3, 0.4) is 0 Å². The number of rotatable bonds is 2. The molecule has 0 bridgehead atoms. The molecule has 2 aromatic rings. The average molecular weight is 341 g/mol. The van der Waals surface area contributed by atoms with Gasteiger partial charge in [-0.15, -0.1) is 11.3 Å². The molecule has 3 heterocycles. The highest BCUT2D eigenvalue weighted by atomic mass is 32.2. The van der Waals surface area contributed by atoms with Crippen molar-refractivity contribution in [1.29, 1.82) is 0 Å². The molecule has 3 rings (SSSR count). The summed E-state index contributed by atoms with van der Waals surface area (Å²) in [6, 6.07) is 5.51. The van der Waals surface area contributed by atoms with E-state index >= 15 is 0 Å². The summed E-state index contributed by atoms with van der Waals surface area (Å²) in [5.74, 6) is -0.0379. The van der Waals surface area contributed by atoms with Gasteiger partial charge in [-0.3, -0.25) is 4.79 Å². The van der Waals surface area contributed by atoms with Gasteiger partial charge in [0.1, 0.15) is 0 Å². The Morgan fingerprint density at radius 2 is 2.10 bits per heavy atom. The zero-order valence-corrected chi connectivity index (χ0v) is 13.7. The van der Waals surface area contributed by atoms with Crippen molar-refractivity contribution in [2.24, 2.45) is 0 Å². The fourth-order valence-corrected chi connectivity index (χ4v) is 6.14. The van der Waals surface area contributed by atoms with Crippen LogP contribution in [-0.4, -0.2) is 38.1 Å². The van der Waals surface area contributed by atoms with Crippen LogP contribution in [-0.2, 0) is 9.84 Å². The van der Waals surface area contributed by atoms with Crippen LogP contribution in [0.15, 0.2) is 34.3 Å². The maximum Gasteiger partial charge on any atom is 0.254 e. The van der Waals surface area contributed by atoms with Crippen LogP contribution in [0.1, 0.15) is 26.9 Å². The van der Waals surface area contributed by atoms with E-state index in [0.29, 0.717) is 18.5 Å². The number of carbonyl (C=O) groups excluding carboxylic acids is 1. The van der Waals surface area contributed by atoms with E-state index in [-0.39, 0.29) is 18.2 Å². The van der Waals surface area contributed by atoms with E-state index in [2.05, 4.69) is 0 Å². The summed E-state index contributed by atoms with van der Waals surface area (Å²) in [6.07, 6.45) is 0.471. The van der Waals surface area contributed by atoms with Crippen LogP contribution in [0.4, 0.5) is 0 Å². The van der Waals surface area contributed by atoms with Gasteiger partial charge in [0, 0.05) is 23.3 Å². The molecule has 112 valence electrons. The van der Waals surface area contributed by atoms with Crippen molar-refractivity contribution >= 4 is 38.4 Å². The second-order valence-electron chi connectivity index (χ2n) is 4.96. The fraction of sp³-hybridized carbons (Fsp3) is 0.357. The summed E-state index contributed by atoms with van der Waals surface area (Å²) >= 11 is 2.94. The molecule has 0 aliphatic carbocycles. The minimum absolute atomic E-state index is 0.0332. The van der Waals surface area contributed by atoms with E-state index in [1.54, 1.807) is 16.3 Å². The maximum absolute atomic E-state index is 12.4. The SMILES string of the molecule is O=C(c1ccsc1)N1CC[C@H](c2cccs2)S(=O)(=O)CC1. The van der Waals surface area contributed by atoms with Crippen LogP contribution < -0.4 is 0 Å². The van der Waals surface area contributed by atoms with E-state index in [0.717, 1.165) is 4.88 Å². The standard InChI is InChI=1S/C14H15NO3S3/c16-14(11-4-8-19-10-11)15-5-3-13(12-2-1-7-20-12)21(17,18)9-6-15/h1-2,4,7-8,10,13H,3,5-6,9H2/t13-/m1/s1. The number of hydrogen-bond donors (Lipinski definition) is 0. The molecule has 0 unspecified atom stereocenters. The Balaban J connectivity index is 1.81. The molecule has 0 saturated carbocycles. The minimum atomic E-state index is -3.20. The Labute approximate surface area is 131 Å². The summed E-state index contributed by atoms with van der Waals surface area (Å²) < 4.78 is 24.9. The Hall–Kier alpha value is -1.18. The van der Waals surface area contributed by atoms with Gasteiger partial charge in [-0.2, -0.15) is 11.3 Å². The van der Waals surface area contributed by atoms with Crippen molar-refractivity contribution in [3.05, 3.63) is 44.8 Å². The van der Waals surface area contributed by atoms with Gasteiger partial charge in [-0.05, 0) is 29.3 Å². The smallest absolute Gasteiger partial charge is 0.254 e. The number of hydrogen-bond acceptors (Lipinski definition) is 5. The normalized spacial score (nSPS) is 21.9. The fourth-order valence-electron chi connectivity index (χ4n) is 2.51. The lowest BCUT2D eigenvalue weighted by Crippen LogP contribution is -2.33. The number of amides is 1. The lowest BCUT2D eigenvalue weighted by molar-refractivity contribution is 0.0767. The molecule has 1 saturated heterocycles. The Morgan fingerprint density at radius 1 is 1.24 bits per heavy atom. The summed E-state index contributed by atoms with van der Waals surface area (Å²) in [4.78, 5) is 14.9. The van der Waals surface area contributed by atoms with Gasteiger partial charge in [0.2, 0.25) is 0 Å². The monoisotopic (exact) mass is 341 g/mol. The predicted octanol–water partition coefficient (Wildman–Crippen LogP) is 2.81. The molecule has 4 nitrogen and oxygen atoms in total. The minimum Gasteiger partial charge on any atom is -0.338 e. The largest absolute Gasteiger partial charge is 0.338 e. The van der Waals surface area contributed by atoms with Crippen LogP contribution >= 0.6 is 22.7 Å². The molecule has 1 aliphatic rings. The zero-order valence-electron chi connectivity index (χ0n) is 11.3. The first kappa shape index (κ1) is 14.7. The molecule has 1 atom stereocenters. The Bertz CT molecular complexity index is 705. The van der Waals surface area contributed by atoms with Crippen molar-refractivity contribution in [2.45, 2.75) is 11.7 Å². The van der Waals surface area contributed by atoms with Gasteiger partial charge in [-0.25, -0.2) is 8.42 Å². The zero-order chi connectivity index (χ0) is 14.9. The molecule has 21 heavy (non-hydrogen) atoms. The molecular weight excluding hydrogens is 326 g/mol. The van der Waals surface area contributed by atoms with E-state index in [4.69, 9.17) is 0 Å². The number of sulfone groups is 1. The quantitative estimate of drug-likeness (QED) is 0.844. The van der Waals surface area contributed by atoms with Crippen molar-refractivity contribution in [1.82, 2.24) is 4.90 Å². The van der Waals surface area contributed by atoms with Gasteiger partial charge in [0.15, 0.2) is 9.84 Å². The summed E-state index contributed by atoms with van der Waals surface area (Å²) in [5, 5.41) is 5.08. The number of thiophene rings is 2. The van der Waals surface area contributed by atoms with Crippen LogP contribution in [0.25, 0.3) is 0 Å². The average Bonchev–Trinajstić information content (AvgIpc) is 3.12. The van der Waals surface area contributed by atoms with Crippen molar-refractivity contribution in [2.75, 3.05) is 18.8 Å². The van der Waals surface area contributed by atoms with Crippen molar-refractivity contribution < 1.29 is 13.2 Å². The Morgan fingerprint density at radius 3 is 2.76 bits per heavy atom. The molecular formula is C14H15NO3S3. The van der Waals surface area contributed by atoms with Crippen LogP contribution in [0, 0.1) is 0 Å². The van der Waals surface area contributed by atoms with E-state index in [1.807, 2.05) is 22.9 Å². The first-order chi connectivity index (χ1) is 10.1. The summed E-state index contributed by atoms with van der Waals surface area (Å²) in [6.45, 7) is 0.759. The predicted molar refractivity (Wildman–Crippen MR) is 85.7 cm³/mol. The van der Waals surface area contributed by atoms with Crippen molar-refractivity contribution in [3.8, 4) is 0 Å². The molecule has 0 aromatic carbocycles. The molecule has 0 N–H and O–H groups in total. The van der Waals surface area contributed by atoms with E-state index in [9.17, 15) is 13.2 Å². The van der Waals surface area contributed by atoms with Gasteiger partial charge in [0.25, 0.3) is 5.91 Å². The summed E-state index contributed by atoms with van der Waals surface area (Å²) in [7, 11) is -3.20. The third-order valence-corrected chi connectivity index (χ3v) is 7.58. The van der Waals surface area contributed by atoms with Crippen LogP contribution in [0.5, 0.6) is 0 Å². The van der Waals surface area contributed by atoms with Gasteiger partial charge >= 0.3 is 0 Å². The Kier molecular flexibility index (Phi) is 4.14. The molecule has 2 aromatic heterocycles. The van der Waals surface area contributed by atoms with Crippen molar-refractivity contribution in [3.63, 3.8) is 0 Å². The van der Waals surface area contributed by atoms with E-state index in [1.165, 1.54) is 22.7 Å². The first-order valence-electron chi connectivity index (χ1n) is 6.64. The second-order valence-corrected chi connectivity index (χ2v) is 9.03. The third-order valence-electron chi connectivity index (χ3n) is 3.66. The molecule has 1 aliphatic heterocycles. The number of carbonyl (C=O) groups is 1. The van der Waals surface area contributed by atoms with Crippen LogP contribution in [0.2, 0.25) is 0 Å². The molecule has 0 radical (unpaired) electrons. The van der Waals surface area contributed by atoms with E-state index < -0.39 is 15.1 Å². The highest BCUT2D eigenvalue weighted by Crippen LogP contribution is 2.32. The third kappa shape index (κ3) is 3.04. The van der Waals surface area contributed by atoms with Gasteiger partial charge < -0.3 is 4.90 Å². The summed E-state index contributed by atoms with van der Waals surface area (Å²) in [5.41, 5.74) is 0.645. The lowest BCUT2D eigenvalue weighted by atomic mass is 10.2. The highest BCUT2D eigenvalue weighted by molar-refractivity contribution is 7.91. The number of nitrogens with zero attached hydrogens (tertiary/aromatic N) is 1. The molecule has 0 spiro atoms. The molecule has 1 amide bonds. The first-order valence-corrected chi connectivity index (χ1v) is 10.2. The molecule has 1 fully saturated rings. The highest BCUT2D eigenvalue weighted by Gasteiger charge is 2.33. The second kappa shape index (κ2) is 5.90. The lowest BCUT2D eigenvalue weighted by Gasteiger charge is -2.19. The van der Waals surface area contributed by atoms with Gasteiger partial charge in [0.05, 0.1) is 16.6 Å². The maximum atomic E-state index is 12.4.